The van der Waals surface area contributed by atoms with Gasteiger partial charge in [0.2, 0.25) is 0 Å². The SMILES string of the molecule is C[C@H]1CNCCN1c1ccc2[nH]c(-c3c4cccccc-4[nH]c3=O)nc2c1. The Kier molecular flexibility index (Phi) is 3.72. The molecule has 3 heterocycles. The second-order valence-electron chi connectivity index (χ2n) is 7.10. The number of anilines is 1. The quantitative estimate of drug-likeness (QED) is 0.514. The standard InChI is InChI=1S/C21H21N5O/c1-13-12-22-9-10-26(13)14-7-8-17-18(11-14)24-20(23-17)19-15-5-3-2-4-6-16(15)25-21(19)27/h2-8,11,13,22H,9-10,12H2,1H3,(H,23,24)(H,25,27)/t13-/m0/s1. The number of benzene rings is 1. The van der Waals surface area contributed by atoms with Crippen LogP contribution in [-0.2, 0) is 0 Å². The Hall–Kier alpha value is -3.12. The summed E-state index contributed by atoms with van der Waals surface area (Å²) >= 11 is 0. The summed E-state index contributed by atoms with van der Waals surface area (Å²) in [7, 11) is 0. The van der Waals surface area contributed by atoms with Crippen LogP contribution in [0.2, 0.25) is 0 Å². The highest BCUT2D eigenvalue weighted by atomic mass is 16.1. The number of nitrogens with one attached hydrogen (secondary N) is 3. The van der Waals surface area contributed by atoms with E-state index in [1.54, 1.807) is 0 Å². The normalized spacial score (nSPS) is 17.7. The lowest BCUT2D eigenvalue weighted by Gasteiger charge is -2.35. The highest BCUT2D eigenvalue weighted by Crippen LogP contribution is 2.30. The van der Waals surface area contributed by atoms with Gasteiger partial charge in [0.1, 0.15) is 5.82 Å². The minimum absolute atomic E-state index is 0.119. The predicted octanol–water partition coefficient (Wildman–Crippen LogP) is 2.82. The van der Waals surface area contributed by atoms with E-state index >= 15 is 0 Å². The molecule has 27 heavy (non-hydrogen) atoms. The largest absolute Gasteiger partial charge is 0.366 e. The topological polar surface area (TPSA) is 76.8 Å². The van der Waals surface area contributed by atoms with Gasteiger partial charge in [-0.05, 0) is 31.2 Å². The van der Waals surface area contributed by atoms with Crippen molar-refractivity contribution < 1.29 is 0 Å². The Morgan fingerprint density at radius 3 is 2.89 bits per heavy atom. The van der Waals surface area contributed by atoms with Crippen LogP contribution in [-0.4, -0.2) is 40.6 Å². The summed E-state index contributed by atoms with van der Waals surface area (Å²) in [4.78, 5) is 25.9. The van der Waals surface area contributed by atoms with Crippen molar-refractivity contribution in [2.45, 2.75) is 13.0 Å². The number of fused-ring (bicyclic) bond motifs is 2. The molecule has 5 rings (SSSR count). The molecule has 0 bridgehead atoms. The monoisotopic (exact) mass is 359 g/mol. The first-order chi connectivity index (χ1) is 13.2. The Morgan fingerprint density at radius 2 is 2.00 bits per heavy atom. The van der Waals surface area contributed by atoms with Crippen LogP contribution in [0.15, 0.2) is 53.3 Å². The van der Waals surface area contributed by atoms with Gasteiger partial charge >= 0.3 is 0 Å². The smallest absolute Gasteiger partial charge is 0.260 e. The molecule has 136 valence electrons. The maximum absolute atomic E-state index is 12.5. The third kappa shape index (κ3) is 2.69. The second kappa shape index (κ2) is 6.25. The fourth-order valence-corrected chi connectivity index (χ4v) is 3.93. The van der Waals surface area contributed by atoms with E-state index in [0.29, 0.717) is 17.4 Å². The van der Waals surface area contributed by atoms with Crippen molar-refractivity contribution in [2.75, 3.05) is 24.5 Å². The summed E-state index contributed by atoms with van der Waals surface area (Å²) in [6, 6.07) is 16.4. The van der Waals surface area contributed by atoms with E-state index in [1.807, 2.05) is 30.3 Å². The van der Waals surface area contributed by atoms with Gasteiger partial charge in [-0.1, -0.05) is 24.3 Å². The van der Waals surface area contributed by atoms with Crippen molar-refractivity contribution in [3.63, 3.8) is 0 Å². The van der Waals surface area contributed by atoms with Crippen LogP contribution >= 0.6 is 0 Å². The molecule has 1 atom stereocenters. The molecule has 1 aromatic heterocycles. The summed E-state index contributed by atoms with van der Waals surface area (Å²) in [5.74, 6) is 0.609. The van der Waals surface area contributed by atoms with Gasteiger partial charge in [-0.15, -0.1) is 0 Å². The van der Waals surface area contributed by atoms with Gasteiger partial charge < -0.3 is 20.2 Å². The van der Waals surface area contributed by atoms with E-state index in [1.165, 1.54) is 5.69 Å². The Morgan fingerprint density at radius 1 is 1.11 bits per heavy atom. The average molecular weight is 359 g/mol. The molecule has 3 N–H and O–H groups in total. The van der Waals surface area contributed by atoms with Crippen LogP contribution in [0.3, 0.4) is 0 Å². The zero-order valence-corrected chi connectivity index (χ0v) is 15.1. The van der Waals surface area contributed by atoms with E-state index in [0.717, 1.165) is 41.9 Å². The molecule has 0 unspecified atom stereocenters. The fraction of sp³-hybridized carbons (Fsp3) is 0.238. The molecule has 0 radical (unpaired) electrons. The first-order valence-corrected chi connectivity index (χ1v) is 9.29. The van der Waals surface area contributed by atoms with Gasteiger partial charge in [-0.2, -0.15) is 0 Å². The van der Waals surface area contributed by atoms with Crippen molar-refractivity contribution in [3.05, 3.63) is 58.9 Å². The van der Waals surface area contributed by atoms with E-state index in [2.05, 4.69) is 45.3 Å². The summed E-state index contributed by atoms with van der Waals surface area (Å²) in [6.45, 7) is 5.17. The average Bonchev–Trinajstić information content (AvgIpc) is 3.13. The number of piperazine rings is 1. The van der Waals surface area contributed by atoms with Crippen LogP contribution in [0, 0.1) is 0 Å². The maximum Gasteiger partial charge on any atom is 0.260 e. The Bertz CT molecular complexity index is 1140. The van der Waals surface area contributed by atoms with Crippen molar-refractivity contribution in [2.24, 2.45) is 0 Å². The molecule has 1 fully saturated rings. The van der Waals surface area contributed by atoms with Crippen molar-refractivity contribution >= 4 is 16.7 Å². The Balaban J connectivity index is 1.61. The molecule has 2 aliphatic heterocycles. The summed E-state index contributed by atoms with van der Waals surface area (Å²) in [6.07, 6.45) is 0. The van der Waals surface area contributed by atoms with Crippen LogP contribution in [0.5, 0.6) is 0 Å². The minimum Gasteiger partial charge on any atom is -0.366 e. The molecule has 1 aliphatic carbocycles. The third-order valence-corrected chi connectivity index (χ3v) is 5.32. The van der Waals surface area contributed by atoms with Gasteiger partial charge in [-0.3, -0.25) is 4.79 Å². The van der Waals surface area contributed by atoms with E-state index in [4.69, 9.17) is 4.98 Å². The van der Waals surface area contributed by atoms with Gasteiger partial charge in [0.25, 0.3) is 5.56 Å². The summed E-state index contributed by atoms with van der Waals surface area (Å²) in [5.41, 5.74) is 5.14. The van der Waals surface area contributed by atoms with Crippen LogP contribution < -0.4 is 15.8 Å². The van der Waals surface area contributed by atoms with Crippen molar-refractivity contribution in [3.8, 4) is 22.6 Å². The van der Waals surface area contributed by atoms with E-state index in [-0.39, 0.29) is 5.56 Å². The number of H-pyrrole nitrogens is 2. The van der Waals surface area contributed by atoms with Crippen LogP contribution in [0.4, 0.5) is 5.69 Å². The van der Waals surface area contributed by atoms with Gasteiger partial charge in [0.15, 0.2) is 0 Å². The molecule has 0 amide bonds. The zero-order chi connectivity index (χ0) is 18.4. The summed E-state index contributed by atoms with van der Waals surface area (Å²) in [5, 5.41) is 3.42. The molecule has 2 aromatic rings. The lowest BCUT2D eigenvalue weighted by Crippen LogP contribution is -2.49. The molecule has 6 heteroatoms. The molecule has 6 nitrogen and oxygen atoms in total. The first kappa shape index (κ1) is 16.1. The molecule has 1 aromatic carbocycles. The lowest BCUT2D eigenvalue weighted by molar-refractivity contribution is 0.501. The van der Waals surface area contributed by atoms with Crippen molar-refractivity contribution in [1.82, 2.24) is 20.3 Å². The Labute approximate surface area is 156 Å². The summed E-state index contributed by atoms with van der Waals surface area (Å²) < 4.78 is 0. The predicted molar refractivity (Wildman–Crippen MR) is 108 cm³/mol. The van der Waals surface area contributed by atoms with Crippen LogP contribution in [0.25, 0.3) is 33.7 Å². The van der Waals surface area contributed by atoms with Gasteiger partial charge in [0.05, 0.1) is 16.6 Å². The molecular weight excluding hydrogens is 338 g/mol. The zero-order valence-electron chi connectivity index (χ0n) is 15.1. The molecule has 1 saturated heterocycles. The number of rotatable bonds is 2. The number of nitrogens with zero attached hydrogens (tertiary/aromatic N) is 2. The van der Waals surface area contributed by atoms with E-state index < -0.39 is 0 Å². The van der Waals surface area contributed by atoms with Gasteiger partial charge in [0, 0.05) is 42.6 Å². The number of imidazole rings is 1. The number of aromatic nitrogens is 3. The number of hydrogen-bond acceptors (Lipinski definition) is 4. The highest BCUT2D eigenvalue weighted by Gasteiger charge is 2.21. The fourth-order valence-electron chi connectivity index (χ4n) is 3.93. The first-order valence-electron chi connectivity index (χ1n) is 9.29. The molecule has 0 saturated carbocycles. The third-order valence-electron chi connectivity index (χ3n) is 5.32. The van der Waals surface area contributed by atoms with Crippen molar-refractivity contribution in [1.29, 1.82) is 0 Å². The minimum atomic E-state index is -0.119. The lowest BCUT2D eigenvalue weighted by atomic mass is 10.1. The highest BCUT2D eigenvalue weighted by molar-refractivity contribution is 5.87. The number of aromatic amines is 2. The van der Waals surface area contributed by atoms with Crippen LogP contribution in [0.1, 0.15) is 6.92 Å². The molecule has 3 aliphatic rings. The maximum atomic E-state index is 12.5. The number of hydrogen-bond donors (Lipinski definition) is 3. The van der Waals surface area contributed by atoms with Gasteiger partial charge in [-0.25, -0.2) is 4.98 Å². The molecule has 0 spiro atoms. The molecular formula is C21H21N5O. The van der Waals surface area contributed by atoms with E-state index in [9.17, 15) is 4.79 Å². The second-order valence-corrected chi connectivity index (χ2v) is 7.10.